The van der Waals surface area contributed by atoms with E-state index in [1.165, 1.54) is 4.57 Å². The smallest absolute Gasteiger partial charge is 0.337 e. The van der Waals surface area contributed by atoms with E-state index in [1.807, 2.05) is 6.07 Å². The topological polar surface area (TPSA) is 113 Å². The summed E-state index contributed by atoms with van der Waals surface area (Å²) in [5.74, 6) is 0.862. The number of hydrogen-bond acceptors (Lipinski definition) is 5. The van der Waals surface area contributed by atoms with Crippen molar-refractivity contribution in [2.75, 3.05) is 13.1 Å². The van der Waals surface area contributed by atoms with Crippen LogP contribution in [0, 0.1) is 0 Å². The van der Waals surface area contributed by atoms with Gasteiger partial charge in [0, 0.05) is 32.3 Å². The molecule has 0 bridgehead atoms. The summed E-state index contributed by atoms with van der Waals surface area (Å²) < 4.78 is 1.54. The van der Waals surface area contributed by atoms with E-state index < -0.39 is 0 Å². The number of pyridine rings is 1. The van der Waals surface area contributed by atoms with Crippen LogP contribution in [0.25, 0.3) is 11.0 Å². The van der Waals surface area contributed by atoms with Crippen molar-refractivity contribution in [1.29, 1.82) is 0 Å². The van der Waals surface area contributed by atoms with Gasteiger partial charge in [-0.05, 0) is 25.0 Å². The Morgan fingerprint density at radius 1 is 1.25 bits per heavy atom. The van der Waals surface area contributed by atoms with Gasteiger partial charge < -0.3 is 4.90 Å². The zero-order chi connectivity index (χ0) is 16.7. The van der Waals surface area contributed by atoms with E-state index in [0.29, 0.717) is 24.4 Å². The lowest BCUT2D eigenvalue weighted by Crippen LogP contribution is -2.38. The van der Waals surface area contributed by atoms with E-state index in [9.17, 15) is 9.59 Å². The van der Waals surface area contributed by atoms with Crippen LogP contribution < -0.4 is 5.69 Å². The molecule has 0 radical (unpaired) electrons. The molecule has 1 aliphatic heterocycles. The first-order chi connectivity index (χ1) is 11.6. The molecule has 124 valence electrons. The van der Waals surface area contributed by atoms with E-state index in [0.717, 1.165) is 24.1 Å². The Morgan fingerprint density at radius 2 is 2.04 bits per heavy atom. The second-order valence-corrected chi connectivity index (χ2v) is 5.99. The molecule has 0 aromatic carbocycles. The van der Waals surface area contributed by atoms with Gasteiger partial charge in [0.15, 0.2) is 5.65 Å². The molecule has 0 saturated carbocycles. The number of fused-ring (bicyclic) bond motifs is 1. The second kappa shape index (κ2) is 5.59. The van der Waals surface area contributed by atoms with Gasteiger partial charge in [-0.1, -0.05) is 0 Å². The summed E-state index contributed by atoms with van der Waals surface area (Å²) in [5, 5.41) is 14.2. The van der Waals surface area contributed by atoms with Crippen LogP contribution in [0.2, 0.25) is 0 Å². The van der Waals surface area contributed by atoms with E-state index in [-0.39, 0.29) is 17.5 Å². The predicted octanol–water partition coefficient (Wildman–Crippen LogP) is 0.399. The van der Waals surface area contributed by atoms with E-state index in [1.54, 1.807) is 24.2 Å². The molecule has 24 heavy (non-hydrogen) atoms. The number of rotatable bonds is 2. The van der Waals surface area contributed by atoms with Gasteiger partial charge in [-0.2, -0.15) is 10.2 Å². The van der Waals surface area contributed by atoms with Crippen LogP contribution in [-0.2, 0) is 7.05 Å². The number of hydrogen-bond donors (Lipinski definition) is 2. The highest BCUT2D eigenvalue weighted by atomic mass is 16.2. The zero-order valence-electron chi connectivity index (χ0n) is 13.2. The monoisotopic (exact) mass is 327 g/mol. The largest absolute Gasteiger partial charge is 0.343 e. The van der Waals surface area contributed by atoms with Crippen molar-refractivity contribution in [2.24, 2.45) is 7.05 Å². The van der Waals surface area contributed by atoms with Crippen molar-refractivity contribution in [2.45, 2.75) is 18.8 Å². The molecule has 9 nitrogen and oxygen atoms in total. The SMILES string of the molecule is Cn1c(C2CCN(C(=O)c3[nH]nc4ncccc34)CC2)n[nH]c1=O. The molecule has 3 aromatic rings. The fraction of sp³-hybridized carbons (Fsp3) is 0.400. The molecule has 1 fully saturated rings. The summed E-state index contributed by atoms with van der Waals surface area (Å²) in [6, 6.07) is 3.63. The molecule has 2 N–H and O–H groups in total. The van der Waals surface area contributed by atoms with E-state index in [4.69, 9.17) is 0 Å². The molecule has 4 rings (SSSR count). The lowest BCUT2D eigenvalue weighted by Gasteiger charge is -2.31. The summed E-state index contributed by atoms with van der Waals surface area (Å²) in [5.41, 5.74) is 0.811. The maximum absolute atomic E-state index is 12.7. The number of nitrogens with zero attached hydrogens (tertiary/aromatic N) is 5. The van der Waals surface area contributed by atoms with Gasteiger partial charge in [0.2, 0.25) is 0 Å². The van der Waals surface area contributed by atoms with Gasteiger partial charge in [-0.3, -0.25) is 14.5 Å². The lowest BCUT2D eigenvalue weighted by atomic mass is 9.95. The van der Waals surface area contributed by atoms with Crippen molar-refractivity contribution in [1.82, 2.24) is 34.8 Å². The average molecular weight is 327 g/mol. The van der Waals surface area contributed by atoms with Gasteiger partial charge in [0.1, 0.15) is 11.5 Å². The van der Waals surface area contributed by atoms with Gasteiger partial charge in [0.25, 0.3) is 5.91 Å². The molecule has 0 atom stereocenters. The maximum Gasteiger partial charge on any atom is 0.343 e. The standard InChI is InChI=1S/C15H17N7O2/c1-21-13(19-20-15(21)24)9-4-7-22(8-5-9)14(23)11-10-3-2-6-16-12(10)18-17-11/h2-3,6,9H,4-5,7-8H2,1H3,(H,20,24)(H,16,17,18). The molecule has 1 saturated heterocycles. The van der Waals surface area contributed by atoms with Crippen LogP contribution in [-0.4, -0.2) is 53.8 Å². The molecule has 9 heteroatoms. The molecular weight excluding hydrogens is 310 g/mol. The number of likely N-dealkylation sites (tertiary alicyclic amines) is 1. The van der Waals surface area contributed by atoms with Crippen LogP contribution in [0.1, 0.15) is 35.1 Å². The molecular formula is C15H17N7O2. The molecule has 0 unspecified atom stereocenters. The average Bonchev–Trinajstić information content (AvgIpc) is 3.19. The Hall–Kier alpha value is -2.97. The van der Waals surface area contributed by atoms with Gasteiger partial charge in [0.05, 0.1) is 5.39 Å². The van der Waals surface area contributed by atoms with Crippen LogP contribution in [0.3, 0.4) is 0 Å². The minimum Gasteiger partial charge on any atom is -0.337 e. The Bertz CT molecular complexity index is 946. The summed E-state index contributed by atoms with van der Waals surface area (Å²) in [6.45, 7) is 1.23. The summed E-state index contributed by atoms with van der Waals surface area (Å²) in [4.78, 5) is 30.2. The minimum absolute atomic E-state index is 0.0696. The number of aromatic nitrogens is 6. The Kier molecular flexibility index (Phi) is 3.40. The Balaban J connectivity index is 1.50. The molecule has 0 spiro atoms. The number of aromatic amines is 2. The summed E-state index contributed by atoms with van der Waals surface area (Å²) >= 11 is 0. The van der Waals surface area contributed by atoms with Gasteiger partial charge in [-0.25, -0.2) is 14.9 Å². The molecule has 4 heterocycles. The maximum atomic E-state index is 12.7. The first-order valence-electron chi connectivity index (χ1n) is 7.85. The van der Waals surface area contributed by atoms with E-state index in [2.05, 4.69) is 25.4 Å². The van der Waals surface area contributed by atoms with Crippen molar-refractivity contribution < 1.29 is 4.79 Å². The predicted molar refractivity (Wildman–Crippen MR) is 85.6 cm³/mol. The highest BCUT2D eigenvalue weighted by Crippen LogP contribution is 2.27. The summed E-state index contributed by atoms with van der Waals surface area (Å²) in [6.07, 6.45) is 3.19. The minimum atomic E-state index is -0.208. The highest BCUT2D eigenvalue weighted by Gasteiger charge is 2.28. The zero-order valence-corrected chi connectivity index (χ0v) is 13.2. The van der Waals surface area contributed by atoms with Crippen molar-refractivity contribution in [3.8, 4) is 0 Å². The van der Waals surface area contributed by atoms with Crippen molar-refractivity contribution in [3.63, 3.8) is 0 Å². The van der Waals surface area contributed by atoms with Crippen LogP contribution in [0.5, 0.6) is 0 Å². The third-order valence-corrected chi connectivity index (χ3v) is 4.61. The van der Waals surface area contributed by atoms with Crippen molar-refractivity contribution in [3.05, 3.63) is 40.3 Å². The summed E-state index contributed by atoms with van der Waals surface area (Å²) in [7, 11) is 1.71. The number of H-pyrrole nitrogens is 2. The Morgan fingerprint density at radius 3 is 2.75 bits per heavy atom. The third kappa shape index (κ3) is 2.29. The van der Waals surface area contributed by atoms with Crippen LogP contribution in [0.15, 0.2) is 23.1 Å². The van der Waals surface area contributed by atoms with Crippen molar-refractivity contribution >= 4 is 16.9 Å². The first kappa shape index (κ1) is 14.6. The highest BCUT2D eigenvalue weighted by molar-refractivity contribution is 6.03. The molecule has 1 amide bonds. The van der Waals surface area contributed by atoms with E-state index >= 15 is 0 Å². The number of nitrogens with one attached hydrogen (secondary N) is 2. The molecule has 3 aromatic heterocycles. The fourth-order valence-corrected chi connectivity index (χ4v) is 3.24. The normalized spacial score (nSPS) is 16.0. The quantitative estimate of drug-likeness (QED) is 0.707. The first-order valence-corrected chi connectivity index (χ1v) is 7.85. The van der Waals surface area contributed by atoms with Crippen LogP contribution in [0.4, 0.5) is 0 Å². The number of amides is 1. The number of carbonyl (C=O) groups excluding carboxylic acids is 1. The Labute approximate surface area is 136 Å². The van der Waals surface area contributed by atoms with Gasteiger partial charge in [-0.15, -0.1) is 0 Å². The number of piperidine rings is 1. The second-order valence-electron chi connectivity index (χ2n) is 5.99. The lowest BCUT2D eigenvalue weighted by molar-refractivity contribution is 0.0706. The fourth-order valence-electron chi connectivity index (χ4n) is 3.24. The van der Waals surface area contributed by atoms with Crippen LogP contribution >= 0.6 is 0 Å². The molecule has 1 aliphatic rings. The number of carbonyl (C=O) groups is 1. The third-order valence-electron chi connectivity index (χ3n) is 4.61. The molecule has 0 aliphatic carbocycles. The van der Waals surface area contributed by atoms with Gasteiger partial charge >= 0.3 is 5.69 Å².